The Morgan fingerprint density at radius 1 is 1.05 bits per heavy atom. The van der Waals surface area contributed by atoms with E-state index in [1.807, 2.05) is 0 Å². The van der Waals surface area contributed by atoms with E-state index in [1.54, 1.807) is 54.6 Å². The number of para-hydroxylation sites is 1. The van der Waals surface area contributed by atoms with Crippen LogP contribution < -0.4 is 5.32 Å². The molecular weight excluding hydrogens is 323 g/mol. The lowest BCUT2D eigenvalue weighted by Gasteiger charge is -2.03. The summed E-state index contributed by atoms with van der Waals surface area (Å²) in [6.07, 6.45) is 0. The average molecular weight is 333 g/mol. The van der Waals surface area contributed by atoms with Gasteiger partial charge in [0.15, 0.2) is 11.5 Å². The number of anilines is 1. The van der Waals surface area contributed by atoms with Gasteiger partial charge >= 0.3 is 0 Å². The predicted molar refractivity (Wildman–Crippen MR) is 86.4 cm³/mol. The minimum Gasteiger partial charge on any atom is -0.355 e. The van der Waals surface area contributed by atoms with Crippen molar-refractivity contribution in [1.82, 2.24) is 5.16 Å². The van der Waals surface area contributed by atoms with E-state index in [0.29, 0.717) is 21.5 Å². The topological polar surface area (TPSA) is 55.1 Å². The summed E-state index contributed by atoms with van der Waals surface area (Å²) < 4.78 is 5.19. The molecule has 1 heterocycles. The number of amides is 1. The highest BCUT2D eigenvalue weighted by atomic mass is 35.5. The Morgan fingerprint density at radius 2 is 1.77 bits per heavy atom. The Bertz CT molecular complexity index is 813. The van der Waals surface area contributed by atoms with Crippen LogP contribution in [0.2, 0.25) is 10.0 Å². The van der Waals surface area contributed by atoms with Crippen molar-refractivity contribution >= 4 is 34.8 Å². The van der Waals surface area contributed by atoms with Gasteiger partial charge in [0, 0.05) is 16.7 Å². The van der Waals surface area contributed by atoms with Crippen LogP contribution >= 0.6 is 23.2 Å². The SMILES string of the molecule is O=C(Nc1ccccc1Cl)c1cc(-c2ccc(Cl)cc2)on1. The first-order valence-corrected chi connectivity index (χ1v) is 7.17. The second kappa shape index (κ2) is 6.22. The summed E-state index contributed by atoms with van der Waals surface area (Å²) in [5.41, 5.74) is 1.48. The number of hydrogen-bond donors (Lipinski definition) is 1. The van der Waals surface area contributed by atoms with Crippen molar-refractivity contribution in [2.75, 3.05) is 5.32 Å². The van der Waals surface area contributed by atoms with Gasteiger partial charge in [-0.25, -0.2) is 0 Å². The molecule has 1 amide bonds. The second-order valence-corrected chi connectivity index (χ2v) is 5.36. The van der Waals surface area contributed by atoms with Crippen molar-refractivity contribution in [1.29, 1.82) is 0 Å². The molecule has 110 valence electrons. The molecule has 4 nitrogen and oxygen atoms in total. The fourth-order valence-corrected chi connectivity index (χ4v) is 2.19. The lowest BCUT2D eigenvalue weighted by atomic mass is 10.1. The number of nitrogens with zero attached hydrogens (tertiary/aromatic N) is 1. The third kappa shape index (κ3) is 3.13. The molecular formula is C16H10Cl2N2O2. The lowest BCUT2D eigenvalue weighted by Crippen LogP contribution is -2.12. The fourth-order valence-electron chi connectivity index (χ4n) is 1.88. The van der Waals surface area contributed by atoms with E-state index >= 15 is 0 Å². The Balaban J connectivity index is 1.80. The molecule has 0 atom stereocenters. The predicted octanol–water partition coefficient (Wildman–Crippen LogP) is 4.90. The number of carbonyl (C=O) groups is 1. The van der Waals surface area contributed by atoms with E-state index in [-0.39, 0.29) is 5.69 Å². The van der Waals surface area contributed by atoms with E-state index in [4.69, 9.17) is 27.7 Å². The van der Waals surface area contributed by atoms with Crippen molar-refractivity contribution in [2.24, 2.45) is 0 Å². The van der Waals surface area contributed by atoms with Gasteiger partial charge in [0.25, 0.3) is 5.91 Å². The van der Waals surface area contributed by atoms with Crippen LogP contribution in [0.15, 0.2) is 59.1 Å². The van der Waals surface area contributed by atoms with E-state index in [1.165, 1.54) is 0 Å². The molecule has 3 aromatic rings. The number of nitrogens with one attached hydrogen (secondary N) is 1. The molecule has 1 aromatic heterocycles. The minimum atomic E-state index is -0.392. The van der Waals surface area contributed by atoms with Gasteiger partial charge in [-0.15, -0.1) is 0 Å². The molecule has 0 saturated carbocycles. The first-order chi connectivity index (χ1) is 10.6. The highest BCUT2D eigenvalue weighted by molar-refractivity contribution is 6.33. The molecule has 22 heavy (non-hydrogen) atoms. The molecule has 0 saturated heterocycles. The molecule has 6 heteroatoms. The van der Waals surface area contributed by atoms with Crippen LogP contribution in [0.5, 0.6) is 0 Å². The van der Waals surface area contributed by atoms with Gasteiger partial charge < -0.3 is 9.84 Å². The zero-order valence-corrected chi connectivity index (χ0v) is 12.7. The van der Waals surface area contributed by atoms with Crippen LogP contribution in [0.3, 0.4) is 0 Å². The highest BCUT2D eigenvalue weighted by Crippen LogP contribution is 2.24. The quantitative estimate of drug-likeness (QED) is 0.742. The number of benzene rings is 2. The van der Waals surface area contributed by atoms with E-state index in [0.717, 1.165) is 5.56 Å². The smallest absolute Gasteiger partial charge is 0.277 e. The van der Waals surface area contributed by atoms with Crippen LogP contribution in [-0.4, -0.2) is 11.1 Å². The molecule has 0 aliphatic rings. The van der Waals surface area contributed by atoms with Gasteiger partial charge in [0.2, 0.25) is 0 Å². The van der Waals surface area contributed by atoms with Crippen LogP contribution in [0.4, 0.5) is 5.69 Å². The fraction of sp³-hybridized carbons (Fsp3) is 0. The van der Waals surface area contributed by atoms with Crippen molar-refractivity contribution in [3.63, 3.8) is 0 Å². The van der Waals surface area contributed by atoms with Crippen molar-refractivity contribution < 1.29 is 9.32 Å². The Morgan fingerprint density at radius 3 is 2.50 bits per heavy atom. The summed E-state index contributed by atoms with van der Waals surface area (Å²) in [6, 6.07) is 15.6. The maximum Gasteiger partial charge on any atom is 0.277 e. The summed E-state index contributed by atoms with van der Waals surface area (Å²) in [4.78, 5) is 12.2. The maximum atomic E-state index is 12.2. The second-order valence-electron chi connectivity index (χ2n) is 4.52. The van der Waals surface area contributed by atoms with Crippen LogP contribution in [-0.2, 0) is 0 Å². The number of halogens is 2. The summed E-state index contributed by atoms with van der Waals surface area (Å²) in [5, 5.41) is 7.54. The third-order valence-electron chi connectivity index (χ3n) is 2.99. The molecule has 0 bridgehead atoms. The van der Waals surface area contributed by atoms with E-state index in [9.17, 15) is 4.79 Å². The standard InChI is InChI=1S/C16H10Cl2N2O2/c17-11-7-5-10(6-8-11)15-9-14(20-22-15)16(21)19-13-4-2-1-3-12(13)18/h1-9H,(H,19,21). The van der Waals surface area contributed by atoms with Gasteiger partial charge in [0.05, 0.1) is 10.7 Å². The summed E-state index contributed by atoms with van der Waals surface area (Å²) >= 11 is 11.8. The summed E-state index contributed by atoms with van der Waals surface area (Å²) in [7, 11) is 0. The van der Waals surface area contributed by atoms with Crippen molar-refractivity contribution in [2.45, 2.75) is 0 Å². The number of hydrogen-bond acceptors (Lipinski definition) is 3. The average Bonchev–Trinajstić information content (AvgIpc) is 3.00. The van der Waals surface area contributed by atoms with E-state index in [2.05, 4.69) is 10.5 Å². The van der Waals surface area contributed by atoms with E-state index < -0.39 is 5.91 Å². The molecule has 0 unspecified atom stereocenters. The molecule has 0 spiro atoms. The molecule has 0 radical (unpaired) electrons. The molecule has 2 aromatic carbocycles. The van der Waals surface area contributed by atoms with Gasteiger partial charge in [-0.3, -0.25) is 4.79 Å². The Labute approximate surface area is 136 Å². The van der Waals surface area contributed by atoms with Gasteiger partial charge in [0.1, 0.15) is 0 Å². The van der Waals surface area contributed by atoms with Gasteiger partial charge in [-0.05, 0) is 36.4 Å². The van der Waals surface area contributed by atoms with Crippen LogP contribution in [0, 0.1) is 0 Å². The molecule has 0 aliphatic heterocycles. The van der Waals surface area contributed by atoms with Crippen molar-refractivity contribution in [3.8, 4) is 11.3 Å². The molecule has 1 N–H and O–H groups in total. The maximum absolute atomic E-state index is 12.2. The zero-order chi connectivity index (χ0) is 15.5. The first-order valence-electron chi connectivity index (χ1n) is 6.42. The zero-order valence-electron chi connectivity index (χ0n) is 11.2. The Hall–Kier alpha value is -2.30. The molecule has 0 fully saturated rings. The van der Waals surface area contributed by atoms with Gasteiger partial charge in [-0.2, -0.15) is 0 Å². The van der Waals surface area contributed by atoms with Gasteiger partial charge in [-0.1, -0.05) is 40.5 Å². The lowest BCUT2D eigenvalue weighted by molar-refractivity contribution is 0.101. The number of carbonyl (C=O) groups excluding carboxylic acids is 1. The van der Waals surface area contributed by atoms with Crippen LogP contribution in [0.1, 0.15) is 10.5 Å². The highest BCUT2D eigenvalue weighted by Gasteiger charge is 2.14. The monoisotopic (exact) mass is 332 g/mol. The molecule has 0 aliphatic carbocycles. The minimum absolute atomic E-state index is 0.171. The number of rotatable bonds is 3. The first kappa shape index (κ1) is 14.6. The third-order valence-corrected chi connectivity index (χ3v) is 3.58. The summed E-state index contributed by atoms with van der Waals surface area (Å²) in [5.74, 6) is 0.0954. The summed E-state index contributed by atoms with van der Waals surface area (Å²) in [6.45, 7) is 0. The largest absolute Gasteiger partial charge is 0.355 e. The van der Waals surface area contributed by atoms with Crippen LogP contribution in [0.25, 0.3) is 11.3 Å². The molecule has 3 rings (SSSR count). The Kier molecular flexibility index (Phi) is 4.13. The number of aromatic nitrogens is 1. The van der Waals surface area contributed by atoms with Crippen molar-refractivity contribution in [3.05, 3.63) is 70.3 Å². The normalized spacial score (nSPS) is 10.5.